The van der Waals surface area contributed by atoms with Gasteiger partial charge in [0.1, 0.15) is 12.4 Å². The number of carbonyl (C=O) groups is 2. The molecule has 3 N–H and O–H groups in total. The first-order chi connectivity index (χ1) is 16.5. The molecule has 2 amide bonds. The van der Waals surface area contributed by atoms with Crippen LogP contribution < -0.4 is 15.5 Å². The molecule has 0 atom stereocenters. The van der Waals surface area contributed by atoms with E-state index in [0.717, 1.165) is 36.0 Å². The minimum absolute atomic E-state index is 0.0873. The molecule has 0 heterocycles. The number of benzene rings is 3. The fourth-order valence-electron chi connectivity index (χ4n) is 3.63. The molecule has 0 bridgehead atoms. The maximum Gasteiger partial charge on any atom is 0.274 e. The molecule has 3 aromatic carbocycles. The molecule has 178 valence electrons. The lowest BCUT2D eigenvalue weighted by molar-refractivity contribution is -0.117. The summed E-state index contributed by atoms with van der Waals surface area (Å²) in [6.45, 7) is 7.41. The summed E-state index contributed by atoms with van der Waals surface area (Å²) in [5.74, 6) is -0.0938. The molecule has 7 nitrogen and oxygen atoms in total. The second-order valence-corrected chi connectivity index (χ2v) is 7.78. The zero-order chi connectivity index (χ0) is 24.3. The molecule has 3 aromatic rings. The van der Waals surface area contributed by atoms with Gasteiger partial charge in [0.2, 0.25) is 0 Å². The van der Waals surface area contributed by atoms with Crippen molar-refractivity contribution in [3.63, 3.8) is 0 Å². The second-order valence-electron chi connectivity index (χ2n) is 7.78. The van der Waals surface area contributed by atoms with Crippen molar-refractivity contribution < 1.29 is 19.5 Å². The molecular weight excluding hydrogens is 430 g/mol. The number of ether oxygens (including phenoxy) is 1. The molecule has 3 rings (SSSR count). The Balaban J connectivity index is 1.79. The maximum absolute atomic E-state index is 13.0. The van der Waals surface area contributed by atoms with Gasteiger partial charge in [0.15, 0.2) is 0 Å². The van der Waals surface area contributed by atoms with Crippen LogP contribution in [0.1, 0.15) is 29.8 Å². The summed E-state index contributed by atoms with van der Waals surface area (Å²) < 4.78 is 6.09. The number of amides is 2. The quantitative estimate of drug-likeness (QED) is 0.229. The monoisotopic (exact) mass is 461 g/mol. The molecule has 0 fully saturated rings. The molecular formula is C27H31N3O4. The minimum Gasteiger partial charge on any atom is -0.488 e. The number of nitrogens with one attached hydrogen (secondary N) is 2. The number of rotatable bonds is 11. The average Bonchev–Trinajstić information content (AvgIpc) is 2.88. The van der Waals surface area contributed by atoms with E-state index in [4.69, 9.17) is 9.94 Å². The van der Waals surface area contributed by atoms with Gasteiger partial charge in [-0.15, -0.1) is 0 Å². The Labute approximate surface area is 200 Å². The van der Waals surface area contributed by atoms with Gasteiger partial charge < -0.3 is 15.0 Å². The largest absolute Gasteiger partial charge is 0.488 e. The fraction of sp³-hybridized carbons (Fsp3) is 0.259. The standard InChI is InChI=1S/C27H31N3O4/c1-3-30(4-2)17-16-28-26(31)23(18-20-12-14-22(15-13-20)27(32)29-33)19-34-25-11-7-9-21-8-5-6-10-24(21)25/h5-15,18,33H,3-4,16-17,19H2,1-2H3,(H,28,31)(H,29,32)/b23-18+. The molecule has 34 heavy (non-hydrogen) atoms. The molecule has 0 unspecified atom stereocenters. The van der Waals surface area contributed by atoms with Crippen molar-refractivity contribution in [2.24, 2.45) is 0 Å². The van der Waals surface area contributed by atoms with Crippen LogP contribution in [0.2, 0.25) is 0 Å². The number of hydrogen-bond donors (Lipinski definition) is 3. The zero-order valence-electron chi connectivity index (χ0n) is 19.6. The maximum atomic E-state index is 13.0. The van der Waals surface area contributed by atoms with Gasteiger partial charge in [0.25, 0.3) is 11.8 Å². The van der Waals surface area contributed by atoms with Gasteiger partial charge in [-0.3, -0.25) is 14.8 Å². The molecule has 0 saturated carbocycles. The van der Waals surface area contributed by atoms with Crippen molar-refractivity contribution in [1.29, 1.82) is 0 Å². The summed E-state index contributed by atoms with van der Waals surface area (Å²) in [6, 6.07) is 20.4. The Morgan fingerprint density at radius 3 is 2.38 bits per heavy atom. The van der Waals surface area contributed by atoms with Gasteiger partial charge in [-0.05, 0) is 48.3 Å². The topological polar surface area (TPSA) is 90.9 Å². The van der Waals surface area contributed by atoms with Crippen molar-refractivity contribution in [3.8, 4) is 5.75 Å². The van der Waals surface area contributed by atoms with Crippen molar-refractivity contribution in [1.82, 2.24) is 15.7 Å². The lowest BCUT2D eigenvalue weighted by Crippen LogP contribution is -2.36. The van der Waals surface area contributed by atoms with Crippen LogP contribution in [0.4, 0.5) is 0 Å². The number of nitrogens with zero attached hydrogens (tertiary/aromatic N) is 1. The van der Waals surface area contributed by atoms with E-state index in [9.17, 15) is 9.59 Å². The Hall–Kier alpha value is -3.68. The van der Waals surface area contributed by atoms with Gasteiger partial charge in [0.05, 0.1) is 5.57 Å². The first kappa shape index (κ1) is 25.0. The van der Waals surface area contributed by atoms with Crippen LogP contribution in [0.15, 0.2) is 72.3 Å². The van der Waals surface area contributed by atoms with E-state index in [2.05, 4.69) is 24.1 Å². The van der Waals surface area contributed by atoms with Crippen LogP contribution in [0, 0.1) is 0 Å². The normalized spacial score (nSPS) is 11.5. The highest BCUT2D eigenvalue weighted by atomic mass is 16.5. The molecule has 0 aliphatic carbocycles. The Kier molecular flexibility index (Phi) is 9.20. The predicted molar refractivity (Wildman–Crippen MR) is 134 cm³/mol. The van der Waals surface area contributed by atoms with Crippen molar-refractivity contribution in [3.05, 3.63) is 83.4 Å². The number of carbonyl (C=O) groups excluding carboxylic acids is 2. The van der Waals surface area contributed by atoms with E-state index < -0.39 is 5.91 Å². The summed E-state index contributed by atoms with van der Waals surface area (Å²) in [4.78, 5) is 26.9. The van der Waals surface area contributed by atoms with E-state index in [1.54, 1.807) is 35.8 Å². The average molecular weight is 462 g/mol. The molecule has 0 aromatic heterocycles. The second kappa shape index (κ2) is 12.5. The summed E-state index contributed by atoms with van der Waals surface area (Å²) in [5.41, 5.74) is 3.13. The van der Waals surface area contributed by atoms with Crippen molar-refractivity contribution in [2.75, 3.05) is 32.8 Å². The lowest BCUT2D eigenvalue weighted by Gasteiger charge is -2.18. The number of hydrogen-bond acceptors (Lipinski definition) is 5. The number of hydroxylamine groups is 1. The van der Waals surface area contributed by atoms with Crippen LogP contribution in [-0.2, 0) is 4.79 Å². The lowest BCUT2D eigenvalue weighted by atomic mass is 10.1. The molecule has 0 spiro atoms. The van der Waals surface area contributed by atoms with E-state index >= 15 is 0 Å². The molecule has 0 radical (unpaired) electrons. The first-order valence-corrected chi connectivity index (χ1v) is 11.4. The summed E-state index contributed by atoms with van der Waals surface area (Å²) in [6.07, 6.45) is 1.75. The van der Waals surface area contributed by atoms with Gasteiger partial charge in [-0.25, -0.2) is 5.48 Å². The third kappa shape index (κ3) is 6.66. The summed E-state index contributed by atoms with van der Waals surface area (Å²) in [7, 11) is 0. The number of fused-ring (bicyclic) bond motifs is 1. The van der Waals surface area contributed by atoms with Crippen LogP contribution >= 0.6 is 0 Å². The Bertz CT molecular complexity index is 1130. The van der Waals surface area contributed by atoms with Crippen molar-refractivity contribution in [2.45, 2.75) is 13.8 Å². The minimum atomic E-state index is -0.593. The van der Waals surface area contributed by atoms with E-state index in [0.29, 0.717) is 23.4 Å². The number of likely N-dealkylation sites (N-methyl/N-ethyl adjacent to an activating group) is 1. The third-order valence-corrected chi connectivity index (χ3v) is 5.65. The van der Waals surface area contributed by atoms with Crippen LogP contribution in [0.5, 0.6) is 5.75 Å². The van der Waals surface area contributed by atoms with Gasteiger partial charge in [0, 0.05) is 24.0 Å². The zero-order valence-corrected chi connectivity index (χ0v) is 19.6. The fourth-order valence-corrected chi connectivity index (χ4v) is 3.63. The van der Waals surface area contributed by atoms with Gasteiger partial charge in [-0.2, -0.15) is 0 Å². The first-order valence-electron chi connectivity index (χ1n) is 11.4. The van der Waals surface area contributed by atoms with Crippen LogP contribution in [0.3, 0.4) is 0 Å². The predicted octanol–water partition coefficient (Wildman–Crippen LogP) is 3.88. The smallest absolute Gasteiger partial charge is 0.274 e. The molecule has 7 heteroatoms. The van der Waals surface area contributed by atoms with Crippen LogP contribution in [0.25, 0.3) is 16.8 Å². The van der Waals surface area contributed by atoms with Crippen LogP contribution in [-0.4, -0.2) is 54.7 Å². The highest BCUT2D eigenvalue weighted by Crippen LogP contribution is 2.25. The summed E-state index contributed by atoms with van der Waals surface area (Å²) >= 11 is 0. The Morgan fingerprint density at radius 1 is 0.971 bits per heavy atom. The molecule has 0 aliphatic heterocycles. The van der Waals surface area contributed by atoms with E-state index in [1.807, 2.05) is 42.5 Å². The van der Waals surface area contributed by atoms with Gasteiger partial charge in [-0.1, -0.05) is 62.4 Å². The van der Waals surface area contributed by atoms with Gasteiger partial charge >= 0.3 is 0 Å². The summed E-state index contributed by atoms with van der Waals surface area (Å²) in [5, 5.41) is 13.8. The van der Waals surface area contributed by atoms with Crippen molar-refractivity contribution >= 4 is 28.7 Å². The van der Waals surface area contributed by atoms with E-state index in [1.165, 1.54) is 0 Å². The highest BCUT2D eigenvalue weighted by Gasteiger charge is 2.13. The highest BCUT2D eigenvalue weighted by molar-refractivity contribution is 5.98. The SMILES string of the molecule is CCN(CC)CCNC(=O)/C(=C/c1ccc(C(=O)NO)cc1)COc1cccc2ccccc12. The molecule has 0 saturated heterocycles. The molecule has 0 aliphatic rings. The van der Waals surface area contributed by atoms with E-state index in [-0.39, 0.29) is 12.5 Å². The third-order valence-electron chi connectivity index (χ3n) is 5.65. The Morgan fingerprint density at radius 2 is 1.68 bits per heavy atom.